The van der Waals surface area contributed by atoms with Crippen molar-refractivity contribution in [3.05, 3.63) is 46.2 Å². The third-order valence-corrected chi connectivity index (χ3v) is 6.60. The van der Waals surface area contributed by atoms with Crippen LogP contribution in [0.5, 0.6) is 0 Å². The number of amides is 1. The fourth-order valence-electron chi connectivity index (χ4n) is 3.73. The van der Waals surface area contributed by atoms with E-state index in [9.17, 15) is 4.79 Å². The summed E-state index contributed by atoms with van der Waals surface area (Å²) in [6, 6.07) is 3.52. The van der Waals surface area contributed by atoms with Crippen molar-refractivity contribution in [2.45, 2.75) is 52.5 Å². The summed E-state index contributed by atoms with van der Waals surface area (Å²) in [4.78, 5) is 26.3. The Hall–Kier alpha value is -3.07. The molecule has 0 aromatic carbocycles. The number of rotatable bonds is 7. The van der Waals surface area contributed by atoms with Gasteiger partial charge in [0.2, 0.25) is 5.89 Å². The van der Waals surface area contributed by atoms with E-state index in [0.29, 0.717) is 34.9 Å². The molecular formula is C22H23N5O3S. The predicted molar refractivity (Wildman–Crippen MR) is 116 cm³/mol. The number of thiophene rings is 1. The molecule has 0 N–H and O–H groups in total. The van der Waals surface area contributed by atoms with Gasteiger partial charge in [0.25, 0.3) is 11.8 Å². The maximum Gasteiger partial charge on any atom is 0.283 e. The maximum atomic E-state index is 13.5. The molecule has 5 rings (SSSR count). The van der Waals surface area contributed by atoms with E-state index in [2.05, 4.69) is 10.2 Å². The molecule has 0 aliphatic heterocycles. The van der Waals surface area contributed by atoms with Crippen LogP contribution in [-0.2, 0) is 6.54 Å². The molecule has 8 nitrogen and oxygen atoms in total. The number of nitrogens with zero attached hydrogens (tertiary/aromatic N) is 5. The maximum absolute atomic E-state index is 13.5. The minimum absolute atomic E-state index is 0.0486. The first-order chi connectivity index (χ1) is 15.0. The second kappa shape index (κ2) is 7.88. The Bertz CT molecular complexity index is 1240. The van der Waals surface area contributed by atoms with Crippen LogP contribution >= 0.6 is 11.3 Å². The van der Waals surface area contributed by atoms with Crippen molar-refractivity contribution in [3.8, 4) is 11.7 Å². The molecule has 0 atom stereocenters. The van der Waals surface area contributed by atoms with Gasteiger partial charge < -0.3 is 13.7 Å². The van der Waals surface area contributed by atoms with Crippen molar-refractivity contribution in [2.24, 2.45) is 0 Å². The monoisotopic (exact) mass is 437 g/mol. The highest BCUT2D eigenvalue weighted by Crippen LogP contribution is 2.40. The van der Waals surface area contributed by atoms with E-state index < -0.39 is 0 Å². The largest absolute Gasteiger partial charge is 0.459 e. The topological polar surface area (TPSA) is 98.2 Å². The highest BCUT2D eigenvalue weighted by atomic mass is 32.1. The van der Waals surface area contributed by atoms with Gasteiger partial charge in [0.15, 0.2) is 5.76 Å². The molecule has 4 heterocycles. The van der Waals surface area contributed by atoms with Crippen LogP contribution in [0.1, 0.15) is 64.7 Å². The normalized spacial score (nSPS) is 13.8. The first-order valence-corrected chi connectivity index (χ1v) is 11.3. The molecule has 4 aromatic heterocycles. The molecule has 9 heteroatoms. The van der Waals surface area contributed by atoms with Crippen LogP contribution in [0.2, 0.25) is 0 Å². The van der Waals surface area contributed by atoms with Crippen molar-refractivity contribution >= 4 is 27.5 Å². The van der Waals surface area contributed by atoms with Crippen molar-refractivity contribution < 1.29 is 13.6 Å². The van der Waals surface area contributed by atoms with E-state index in [1.54, 1.807) is 23.3 Å². The van der Waals surface area contributed by atoms with Crippen LogP contribution in [0.25, 0.3) is 21.9 Å². The van der Waals surface area contributed by atoms with Crippen LogP contribution in [0.3, 0.4) is 0 Å². The van der Waals surface area contributed by atoms with Crippen LogP contribution in [0, 0.1) is 13.8 Å². The fraction of sp³-hybridized carbons (Fsp3) is 0.409. The Kier molecular flexibility index (Phi) is 5.05. The van der Waals surface area contributed by atoms with Gasteiger partial charge in [-0.05, 0) is 50.8 Å². The summed E-state index contributed by atoms with van der Waals surface area (Å²) in [6.07, 6.45) is 4.67. The van der Waals surface area contributed by atoms with Crippen LogP contribution in [0.4, 0.5) is 0 Å². The number of hydrogen-bond donors (Lipinski definition) is 0. The van der Waals surface area contributed by atoms with Crippen molar-refractivity contribution in [3.63, 3.8) is 0 Å². The lowest BCUT2D eigenvalue weighted by atomic mass is 10.1. The van der Waals surface area contributed by atoms with Crippen LogP contribution < -0.4 is 0 Å². The average Bonchev–Trinajstić information content (AvgIpc) is 3.13. The lowest BCUT2D eigenvalue weighted by molar-refractivity contribution is 0.0733. The molecule has 1 aliphatic rings. The summed E-state index contributed by atoms with van der Waals surface area (Å²) in [5.41, 5.74) is 1.88. The van der Waals surface area contributed by atoms with E-state index in [1.165, 1.54) is 11.3 Å². The number of carbonyl (C=O) groups excluding carboxylic acids is 1. The van der Waals surface area contributed by atoms with Crippen molar-refractivity contribution in [1.82, 2.24) is 25.1 Å². The zero-order valence-corrected chi connectivity index (χ0v) is 18.5. The molecule has 1 saturated carbocycles. The van der Waals surface area contributed by atoms with Gasteiger partial charge in [0.05, 0.1) is 23.4 Å². The summed E-state index contributed by atoms with van der Waals surface area (Å²) in [7, 11) is 0. The molecule has 0 unspecified atom stereocenters. The molecule has 0 radical (unpaired) electrons. The third kappa shape index (κ3) is 3.74. The second-order valence-electron chi connectivity index (χ2n) is 7.88. The zero-order chi connectivity index (χ0) is 21.5. The summed E-state index contributed by atoms with van der Waals surface area (Å²) in [5, 5.41) is 9.13. The van der Waals surface area contributed by atoms with Gasteiger partial charge in [-0.15, -0.1) is 21.5 Å². The fourth-order valence-corrected chi connectivity index (χ4v) is 4.94. The molecule has 4 aromatic rings. The van der Waals surface area contributed by atoms with Gasteiger partial charge >= 0.3 is 0 Å². The van der Waals surface area contributed by atoms with Gasteiger partial charge in [0, 0.05) is 17.8 Å². The number of aromatic nitrogens is 4. The van der Waals surface area contributed by atoms with Gasteiger partial charge in [-0.1, -0.05) is 6.92 Å². The highest BCUT2D eigenvalue weighted by Gasteiger charge is 2.29. The SMILES string of the molecule is CCCN(Cc1nnc(-c2ccco2)o1)C(=O)c1sc2nc(C3CC3)nc(C)c2c1C. The molecule has 1 fully saturated rings. The number of aryl methyl sites for hydroxylation is 2. The zero-order valence-electron chi connectivity index (χ0n) is 17.7. The number of fused-ring (bicyclic) bond motifs is 1. The molecule has 0 saturated heterocycles. The Morgan fingerprint density at radius 2 is 2.10 bits per heavy atom. The molecule has 1 aliphatic carbocycles. The molecule has 160 valence electrons. The molecule has 31 heavy (non-hydrogen) atoms. The van der Waals surface area contributed by atoms with Gasteiger partial charge in [-0.25, -0.2) is 9.97 Å². The van der Waals surface area contributed by atoms with Crippen LogP contribution in [-0.4, -0.2) is 37.5 Å². The number of carbonyl (C=O) groups is 1. The minimum Gasteiger partial charge on any atom is -0.459 e. The lowest BCUT2D eigenvalue weighted by Crippen LogP contribution is -2.31. The van der Waals surface area contributed by atoms with Gasteiger partial charge in [-0.2, -0.15) is 0 Å². The standard InChI is InChI=1S/C22H23N5O3S/c1-4-9-27(11-16-25-26-20(30-16)15-6-5-10-29-15)22(28)18-12(2)17-13(3)23-19(14-7-8-14)24-21(17)31-18/h5-6,10,14H,4,7-9,11H2,1-3H3. The smallest absolute Gasteiger partial charge is 0.283 e. The quantitative estimate of drug-likeness (QED) is 0.406. The number of hydrogen-bond acceptors (Lipinski definition) is 8. The van der Waals surface area contributed by atoms with E-state index >= 15 is 0 Å². The Labute approximate surface area is 183 Å². The van der Waals surface area contributed by atoms with E-state index in [4.69, 9.17) is 18.8 Å². The lowest BCUT2D eigenvalue weighted by Gasteiger charge is -2.19. The van der Waals surface area contributed by atoms with Crippen molar-refractivity contribution in [2.75, 3.05) is 6.54 Å². The molecule has 0 bridgehead atoms. The highest BCUT2D eigenvalue weighted by molar-refractivity contribution is 7.20. The number of furan rings is 1. The van der Waals surface area contributed by atoms with Gasteiger partial charge in [-0.3, -0.25) is 4.79 Å². The summed E-state index contributed by atoms with van der Waals surface area (Å²) < 4.78 is 11.0. The molecule has 0 spiro atoms. The third-order valence-electron chi connectivity index (χ3n) is 5.43. The summed E-state index contributed by atoms with van der Waals surface area (Å²) in [6.45, 7) is 6.85. The van der Waals surface area contributed by atoms with E-state index in [1.807, 2.05) is 20.8 Å². The first kappa shape index (κ1) is 19.9. The first-order valence-electron chi connectivity index (χ1n) is 10.5. The Morgan fingerprint density at radius 1 is 1.26 bits per heavy atom. The summed E-state index contributed by atoms with van der Waals surface area (Å²) >= 11 is 1.45. The second-order valence-corrected chi connectivity index (χ2v) is 8.88. The van der Waals surface area contributed by atoms with Crippen LogP contribution in [0.15, 0.2) is 27.2 Å². The Morgan fingerprint density at radius 3 is 2.81 bits per heavy atom. The predicted octanol–water partition coefficient (Wildman–Crippen LogP) is 4.88. The van der Waals surface area contributed by atoms with Crippen molar-refractivity contribution in [1.29, 1.82) is 0 Å². The van der Waals surface area contributed by atoms with Gasteiger partial charge in [0.1, 0.15) is 10.7 Å². The average molecular weight is 438 g/mol. The molecule has 1 amide bonds. The van der Waals surface area contributed by atoms with E-state index in [0.717, 1.165) is 46.6 Å². The minimum atomic E-state index is -0.0486. The van der Waals surface area contributed by atoms with E-state index in [-0.39, 0.29) is 12.5 Å². The Balaban J connectivity index is 1.44. The molecular weight excluding hydrogens is 414 g/mol. The summed E-state index contributed by atoms with van der Waals surface area (Å²) in [5.74, 6) is 2.52.